The van der Waals surface area contributed by atoms with Crippen LogP contribution in [-0.2, 0) is 4.74 Å². The zero-order valence-corrected chi connectivity index (χ0v) is 17.8. The lowest BCUT2D eigenvalue weighted by Gasteiger charge is -2.18. The fourth-order valence-corrected chi connectivity index (χ4v) is 2.60. The molecule has 154 valence electrons. The van der Waals surface area contributed by atoms with E-state index in [1.165, 1.54) is 31.5 Å². The van der Waals surface area contributed by atoms with Gasteiger partial charge in [-0.1, -0.05) is 23.2 Å². The Hall–Kier alpha value is -2.77. The quantitative estimate of drug-likeness (QED) is 0.304. The highest BCUT2D eigenvalue weighted by Crippen LogP contribution is 2.29. The summed E-state index contributed by atoms with van der Waals surface area (Å²) in [5, 5.41) is 4.41. The topological polar surface area (TPSA) is 86.2 Å². The molecule has 0 aromatic heterocycles. The molecule has 1 N–H and O–H groups in total. The zero-order valence-electron chi connectivity index (χ0n) is 16.3. The van der Waals surface area contributed by atoms with Crippen molar-refractivity contribution in [3.8, 4) is 11.5 Å². The van der Waals surface area contributed by atoms with Gasteiger partial charge in [-0.05, 0) is 62.7 Å². The van der Waals surface area contributed by atoms with Gasteiger partial charge in [0.05, 0.1) is 23.9 Å². The molecule has 2 aromatic carbocycles. The molecule has 0 unspecified atom stereocenters. The van der Waals surface area contributed by atoms with Crippen LogP contribution in [0.25, 0.3) is 0 Å². The summed E-state index contributed by atoms with van der Waals surface area (Å²) in [6.45, 7) is 5.25. The van der Waals surface area contributed by atoms with Crippen molar-refractivity contribution < 1.29 is 23.8 Å². The standard InChI is InChI=1S/C20H20Cl2N2O5/c1-20(2,3)29-19(26)24-23-11-12-5-8-16(17(9-12)27-4)28-18(25)14-7-6-13(21)10-15(14)22/h5-11H,1-4H3,(H,24,26)/b23-11+. The van der Waals surface area contributed by atoms with Gasteiger partial charge < -0.3 is 14.2 Å². The monoisotopic (exact) mass is 438 g/mol. The third-order valence-electron chi connectivity index (χ3n) is 3.31. The maximum atomic E-state index is 12.4. The highest BCUT2D eigenvalue weighted by atomic mass is 35.5. The molecule has 7 nitrogen and oxygen atoms in total. The molecule has 2 rings (SSSR count). The van der Waals surface area contributed by atoms with Crippen molar-refractivity contribution >= 4 is 41.5 Å². The Balaban J connectivity index is 2.09. The van der Waals surface area contributed by atoms with Gasteiger partial charge in [0, 0.05) is 5.02 Å². The molecule has 0 saturated heterocycles. The van der Waals surface area contributed by atoms with Crippen molar-refractivity contribution in [2.75, 3.05) is 7.11 Å². The Bertz CT molecular complexity index is 939. The normalized spacial score (nSPS) is 11.2. The van der Waals surface area contributed by atoms with E-state index < -0.39 is 17.7 Å². The lowest BCUT2D eigenvalue weighted by Crippen LogP contribution is -2.29. The van der Waals surface area contributed by atoms with Crippen LogP contribution in [0.15, 0.2) is 41.5 Å². The predicted octanol–water partition coefficient (Wildman–Crippen LogP) is 5.08. The first kappa shape index (κ1) is 22.5. The van der Waals surface area contributed by atoms with E-state index in [2.05, 4.69) is 10.5 Å². The molecule has 0 radical (unpaired) electrons. The number of methoxy groups -OCH3 is 1. The molecule has 2 aromatic rings. The third kappa shape index (κ3) is 6.96. The second kappa shape index (κ2) is 9.62. The van der Waals surface area contributed by atoms with Gasteiger partial charge in [0.15, 0.2) is 11.5 Å². The van der Waals surface area contributed by atoms with Crippen LogP contribution in [-0.4, -0.2) is 31.0 Å². The fraction of sp³-hybridized carbons (Fsp3) is 0.250. The number of ether oxygens (including phenoxy) is 3. The molecule has 0 spiro atoms. The number of carbonyl (C=O) groups is 2. The summed E-state index contributed by atoms with van der Waals surface area (Å²) in [6.07, 6.45) is 0.722. The lowest BCUT2D eigenvalue weighted by atomic mass is 10.2. The molecule has 0 fully saturated rings. The number of esters is 1. The summed E-state index contributed by atoms with van der Waals surface area (Å²) < 4.78 is 15.7. The van der Waals surface area contributed by atoms with E-state index in [0.717, 1.165) is 0 Å². The number of hydrogen-bond acceptors (Lipinski definition) is 6. The van der Waals surface area contributed by atoms with Crippen LogP contribution in [0.4, 0.5) is 4.79 Å². The Morgan fingerprint density at radius 3 is 2.41 bits per heavy atom. The molecule has 0 aliphatic rings. The second-order valence-corrected chi connectivity index (χ2v) is 7.64. The van der Waals surface area contributed by atoms with E-state index in [0.29, 0.717) is 16.3 Å². The molecule has 0 aliphatic carbocycles. The molecular formula is C20H20Cl2N2O5. The number of hydrogen-bond donors (Lipinski definition) is 1. The van der Waals surface area contributed by atoms with Crippen molar-refractivity contribution in [1.82, 2.24) is 5.43 Å². The van der Waals surface area contributed by atoms with Crippen LogP contribution in [0.2, 0.25) is 10.0 Å². The van der Waals surface area contributed by atoms with E-state index in [-0.39, 0.29) is 16.3 Å². The average molecular weight is 439 g/mol. The van der Waals surface area contributed by atoms with Crippen molar-refractivity contribution in [3.05, 3.63) is 57.6 Å². The van der Waals surface area contributed by atoms with Gasteiger partial charge in [-0.15, -0.1) is 0 Å². The number of benzene rings is 2. The molecule has 0 atom stereocenters. The second-order valence-electron chi connectivity index (χ2n) is 6.80. The van der Waals surface area contributed by atoms with Gasteiger partial charge in [-0.2, -0.15) is 5.10 Å². The number of rotatable bonds is 5. The number of nitrogens with one attached hydrogen (secondary N) is 1. The van der Waals surface area contributed by atoms with E-state index in [4.69, 9.17) is 37.4 Å². The molecule has 0 heterocycles. The summed E-state index contributed by atoms with van der Waals surface area (Å²) in [7, 11) is 1.43. The van der Waals surface area contributed by atoms with E-state index >= 15 is 0 Å². The van der Waals surface area contributed by atoms with Crippen LogP contribution in [0.5, 0.6) is 11.5 Å². The zero-order chi connectivity index (χ0) is 21.6. The van der Waals surface area contributed by atoms with Gasteiger partial charge >= 0.3 is 12.1 Å². The first-order valence-corrected chi connectivity index (χ1v) is 9.22. The Morgan fingerprint density at radius 1 is 1.07 bits per heavy atom. The van der Waals surface area contributed by atoms with Gasteiger partial charge in [-0.25, -0.2) is 15.0 Å². The summed E-state index contributed by atoms with van der Waals surface area (Å²) in [6, 6.07) is 9.23. The van der Waals surface area contributed by atoms with Crippen molar-refractivity contribution in [2.24, 2.45) is 5.10 Å². The molecule has 0 saturated carbocycles. The van der Waals surface area contributed by atoms with Gasteiger partial charge in [0.1, 0.15) is 5.60 Å². The molecule has 9 heteroatoms. The molecule has 0 aliphatic heterocycles. The van der Waals surface area contributed by atoms with Crippen LogP contribution in [0.1, 0.15) is 36.7 Å². The molecule has 0 bridgehead atoms. The van der Waals surface area contributed by atoms with Crippen LogP contribution < -0.4 is 14.9 Å². The minimum absolute atomic E-state index is 0.172. The highest BCUT2D eigenvalue weighted by Gasteiger charge is 2.17. The minimum atomic E-state index is -0.675. The van der Waals surface area contributed by atoms with Crippen LogP contribution in [0, 0.1) is 0 Å². The number of hydrazone groups is 1. The van der Waals surface area contributed by atoms with E-state index in [9.17, 15) is 9.59 Å². The maximum Gasteiger partial charge on any atom is 0.428 e. The highest BCUT2D eigenvalue weighted by molar-refractivity contribution is 6.36. The SMILES string of the molecule is COc1cc(/C=N/NC(=O)OC(C)(C)C)ccc1OC(=O)c1ccc(Cl)cc1Cl. The van der Waals surface area contributed by atoms with Gasteiger partial charge in [-0.3, -0.25) is 0 Å². The summed E-state index contributed by atoms with van der Waals surface area (Å²) >= 11 is 11.9. The minimum Gasteiger partial charge on any atom is -0.493 e. The first-order chi connectivity index (χ1) is 13.6. The van der Waals surface area contributed by atoms with Crippen LogP contribution >= 0.6 is 23.2 Å². The van der Waals surface area contributed by atoms with Crippen molar-refractivity contribution in [2.45, 2.75) is 26.4 Å². The first-order valence-electron chi connectivity index (χ1n) is 8.46. The number of amides is 1. The Kier molecular flexibility index (Phi) is 7.47. The third-order valence-corrected chi connectivity index (χ3v) is 3.86. The van der Waals surface area contributed by atoms with Gasteiger partial charge in [0.2, 0.25) is 0 Å². The number of halogens is 2. The molecular weight excluding hydrogens is 419 g/mol. The van der Waals surface area contributed by atoms with E-state index in [1.807, 2.05) is 0 Å². The molecule has 1 amide bonds. The number of carbonyl (C=O) groups excluding carboxylic acids is 2. The predicted molar refractivity (Wildman–Crippen MR) is 111 cm³/mol. The average Bonchev–Trinajstić information content (AvgIpc) is 2.61. The van der Waals surface area contributed by atoms with Crippen molar-refractivity contribution in [3.63, 3.8) is 0 Å². The smallest absolute Gasteiger partial charge is 0.428 e. The fourth-order valence-electron chi connectivity index (χ4n) is 2.12. The van der Waals surface area contributed by atoms with Gasteiger partial charge in [0.25, 0.3) is 0 Å². The lowest BCUT2D eigenvalue weighted by molar-refractivity contribution is 0.0529. The Morgan fingerprint density at radius 2 is 1.79 bits per heavy atom. The summed E-state index contributed by atoms with van der Waals surface area (Å²) in [5.74, 6) is -0.164. The van der Waals surface area contributed by atoms with Crippen LogP contribution in [0.3, 0.4) is 0 Å². The largest absolute Gasteiger partial charge is 0.493 e. The number of nitrogens with zero attached hydrogens (tertiary/aromatic N) is 1. The van der Waals surface area contributed by atoms with E-state index in [1.54, 1.807) is 39.0 Å². The van der Waals surface area contributed by atoms with Crippen molar-refractivity contribution in [1.29, 1.82) is 0 Å². The summed E-state index contributed by atoms with van der Waals surface area (Å²) in [5.41, 5.74) is 2.41. The Labute approximate surface area is 178 Å². The molecule has 29 heavy (non-hydrogen) atoms. The maximum absolute atomic E-state index is 12.4. The summed E-state index contributed by atoms with van der Waals surface area (Å²) in [4.78, 5) is 23.9.